The van der Waals surface area contributed by atoms with E-state index in [1.54, 1.807) is 44.0 Å². The lowest BCUT2D eigenvalue weighted by Gasteiger charge is -2.13. The van der Waals surface area contributed by atoms with Gasteiger partial charge in [-0.15, -0.1) is 11.8 Å². The highest BCUT2D eigenvalue weighted by molar-refractivity contribution is 7.98. The molecule has 0 spiro atoms. The summed E-state index contributed by atoms with van der Waals surface area (Å²) < 4.78 is 10.1. The zero-order chi connectivity index (χ0) is 19.6. The van der Waals surface area contributed by atoms with Crippen LogP contribution >= 0.6 is 23.4 Å². The SMILES string of the molecule is COCCNC(=O)[C@H](C)OC(=O)c1cccc(CSc2ccc(Cl)cc2)c1. The predicted octanol–water partition coefficient (Wildman–Crippen LogP) is 3.94. The first kappa shape index (κ1) is 21.3. The molecular weight excluding hydrogens is 386 g/mol. The number of hydrogen-bond donors (Lipinski definition) is 1. The summed E-state index contributed by atoms with van der Waals surface area (Å²) in [5, 5.41) is 3.34. The molecule has 5 nitrogen and oxygen atoms in total. The largest absolute Gasteiger partial charge is 0.449 e. The maximum atomic E-state index is 12.3. The molecule has 1 N–H and O–H groups in total. The highest BCUT2D eigenvalue weighted by Crippen LogP contribution is 2.24. The maximum absolute atomic E-state index is 12.3. The van der Waals surface area contributed by atoms with E-state index >= 15 is 0 Å². The van der Waals surface area contributed by atoms with Gasteiger partial charge in [0.2, 0.25) is 0 Å². The Balaban J connectivity index is 1.90. The zero-order valence-electron chi connectivity index (χ0n) is 15.2. The van der Waals surface area contributed by atoms with Crippen LogP contribution in [0.15, 0.2) is 53.4 Å². The number of nitrogens with one attached hydrogen (secondary N) is 1. The summed E-state index contributed by atoms with van der Waals surface area (Å²) in [5.74, 6) is -0.173. The van der Waals surface area contributed by atoms with Crippen LogP contribution in [0.3, 0.4) is 0 Å². The van der Waals surface area contributed by atoms with Gasteiger partial charge in [0, 0.05) is 29.3 Å². The number of esters is 1. The van der Waals surface area contributed by atoms with Crippen LogP contribution in [0.25, 0.3) is 0 Å². The number of carbonyl (C=O) groups is 2. The van der Waals surface area contributed by atoms with Crippen LogP contribution in [0.5, 0.6) is 0 Å². The van der Waals surface area contributed by atoms with Gasteiger partial charge in [-0.25, -0.2) is 4.79 Å². The first-order chi connectivity index (χ1) is 13.0. The quantitative estimate of drug-likeness (QED) is 0.387. The molecule has 0 saturated heterocycles. The van der Waals surface area contributed by atoms with Gasteiger partial charge in [-0.3, -0.25) is 4.79 Å². The number of thioether (sulfide) groups is 1. The maximum Gasteiger partial charge on any atom is 0.338 e. The third-order valence-electron chi connectivity index (χ3n) is 3.64. The first-order valence-electron chi connectivity index (χ1n) is 8.44. The second-order valence-electron chi connectivity index (χ2n) is 5.77. The van der Waals surface area contributed by atoms with Gasteiger partial charge in [-0.1, -0.05) is 23.7 Å². The average molecular weight is 408 g/mol. The van der Waals surface area contributed by atoms with Crippen molar-refractivity contribution in [1.29, 1.82) is 0 Å². The van der Waals surface area contributed by atoms with Crippen molar-refractivity contribution in [3.05, 3.63) is 64.7 Å². The van der Waals surface area contributed by atoms with Crippen LogP contribution < -0.4 is 5.32 Å². The number of ether oxygens (including phenoxy) is 2. The predicted molar refractivity (Wildman–Crippen MR) is 107 cm³/mol. The molecule has 2 aromatic rings. The van der Waals surface area contributed by atoms with Crippen LogP contribution in [0.4, 0.5) is 0 Å². The molecule has 0 bridgehead atoms. The van der Waals surface area contributed by atoms with Gasteiger partial charge in [0.1, 0.15) is 0 Å². The van der Waals surface area contributed by atoms with E-state index in [1.165, 1.54) is 0 Å². The van der Waals surface area contributed by atoms with Gasteiger partial charge in [0.15, 0.2) is 6.10 Å². The van der Waals surface area contributed by atoms with Gasteiger partial charge in [-0.2, -0.15) is 0 Å². The van der Waals surface area contributed by atoms with Crippen molar-refractivity contribution >= 4 is 35.2 Å². The van der Waals surface area contributed by atoms with Crippen molar-refractivity contribution < 1.29 is 19.1 Å². The Morgan fingerprint density at radius 2 is 1.93 bits per heavy atom. The molecule has 0 fully saturated rings. The number of rotatable bonds is 9. The Morgan fingerprint density at radius 3 is 2.63 bits per heavy atom. The van der Waals surface area contributed by atoms with Crippen molar-refractivity contribution in [1.82, 2.24) is 5.32 Å². The van der Waals surface area contributed by atoms with E-state index in [2.05, 4.69) is 5.32 Å². The Morgan fingerprint density at radius 1 is 1.19 bits per heavy atom. The topological polar surface area (TPSA) is 64.6 Å². The monoisotopic (exact) mass is 407 g/mol. The lowest BCUT2D eigenvalue weighted by atomic mass is 10.1. The van der Waals surface area contributed by atoms with E-state index in [9.17, 15) is 9.59 Å². The standard InChI is InChI=1S/C20H22ClNO4S/c1-14(19(23)22-10-11-25-2)26-20(24)16-5-3-4-15(12-16)13-27-18-8-6-17(21)7-9-18/h3-9,12,14H,10-11,13H2,1-2H3,(H,22,23)/t14-/m0/s1. The highest BCUT2D eigenvalue weighted by atomic mass is 35.5. The van der Waals surface area contributed by atoms with Crippen molar-refractivity contribution in [2.24, 2.45) is 0 Å². The Hall–Kier alpha value is -2.02. The third-order valence-corrected chi connectivity index (χ3v) is 4.98. The fraction of sp³-hybridized carbons (Fsp3) is 0.300. The number of amides is 1. The normalized spacial score (nSPS) is 11.7. The smallest absolute Gasteiger partial charge is 0.338 e. The molecule has 2 rings (SSSR count). The Kier molecular flexibility index (Phi) is 8.64. The van der Waals surface area contributed by atoms with E-state index in [0.717, 1.165) is 10.5 Å². The minimum Gasteiger partial charge on any atom is -0.449 e. The highest BCUT2D eigenvalue weighted by Gasteiger charge is 2.18. The third kappa shape index (κ3) is 7.25. The molecular formula is C20H22ClNO4S. The summed E-state index contributed by atoms with van der Waals surface area (Å²) in [6.07, 6.45) is -0.874. The minimum atomic E-state index is -0.874. The molecule has 7 heteroatoms. The van der Waals surface area contributed by atoms with E-state index < -0.39 is 12.1 Å². The molecule has 1 amide bonds. The summed E-state index contributed by atoms with van der Waals surface area (Å²) in [6, 6.07) is 14.8. The van der Waals surface area contributed by atoms with Gasteiger partial charge in [0.05, 0.1) is 12.2 Å². The molecule has 0 aliphatic carbocycles. The van der Waals surface area contributed by atoms with E-state index in [4.69, 9.17) is 21.1 Å². The molecule has 0 aromatic heterocycles. The summed E-state index contributed by atoms with van der Waals surface area (Å²) in [5.41, 5.74) is 1.40. The number of carbonyl (C=O) groups excluding carboxylic acids is 2. The second kappa shape index (κ2) is 11.0. The molecule has 0 aliphatic rings. The zero-order valence-corrected chi connectivity index (χ0v) is 16.8. The van der Waals surface area contributed by atoms with Crippen LogP contribution in [-0.4, -0.2) is 38.2 Å². The minimum absolute atomic E-state index is 0.352. The van der Waals surface area contributed by atoms with E-state index in [1.807, 2.05) is 30.3 Å². The van der Waals surface area contributed by atoms with Crippen molar-refractivity contribution in [2.75, 3.05) is 20.3 Å². The van der Waals surface area contributed by atoms with Crippen LogP contribution in [0.1, 0.15) is 22.8 Å². The average Bonchev–Trinajstić information content (AvgIpc) is 2.67. The van der Waals surface area contributed by atoms with Crippen molar-refractivity contribution in [2.45, 2.75) is 23.7 Å². The van der Waals surface area contributed by atoms with Gasteiger partial charge in [0.25, 0.3) is 5.91 Å². The molecule has 27 heavy (non-hydrogen) atoms. The summed E-state index contributed by atoms with van der Waals surface area (Å²) in [6.45, 7) is 2.31. The van der Waals surface area contributed by atoms with Gasteiger partial charge < -0.3 is 14.8 Å². The summed E-state index contributed by atoms with van der Waals surface area (Å²) in [4.78, 5) is 25.3. The van der Waals surface area contributed by atoms with Gasteiger partial charge in [-0.05, 0) is 48.9 Å². The molecule has 1 atom stereocenters. The van der Waals surface area contributed by atoms with E-state index in [0.29, 0.717) is 29.5 Å². The van der Waals surface area contributed by atoms with Crippen LogP contribution in [-0.2, 0) is 20.0 Å². The molecule has 0 saturated carbocycles. The first-order valence-corrected chi connectivity index (χ1v) is 9.81. The number of benzene rings is 2. The number of hydrogen-bond acceptors (Lipinski definition) is 5. The molecule has 0 unspecified atom stereocenters. The molecule has 0 aliphatic heterocycles. The molecule has 0 radical (unpaired) electrons. The second-order valence-corrected chi connectivity index (χ2v) is 7.26. The Labute approximate surface area is 168 Å². The number of halogens is 1. The van der Waals surface area contributed by atoms with Crippen LogP contribution in [0, 0.1) is 0 Å². The Bertz CT molecular complexity index is 767. The number of methoxy groups -OCH3 is 1. The van der Waals surface area contributed by atoms with Crippen LogP contribution in [0.2, 0.25) is 5.02 Å². The van der Waals surface area contributed by atoms with Gasteiger partial charge >= 0.3 is 5.97 Å². The van der Waals surface area contributed by atoms with Crippen molar-refractivity contribution in [3.8, 4) is 0 Å². The summed E-state index contributed by atoms with van der Waals surface area (Å²) in [7, 11) is 1.55. The summed E-state index contributed by atoms with van der Waals surface area (Å²) >= 11 is 7.53. The van der Waals surface area contributed by atoms with Crippen molar-refractivity contribution in [3.63, 3.8) is 0 Å². The molecule has 0 heterocycles. The fourth-order valence-electron chi connectivity index (χ4n) is 2.19. The molecule has 2 aromatic carbocycles. The van der Waals surface area contributed by atoms with E-state index in [-0.39, 0.29) is 5.91 Å². The lowest BCUT2D eigenvalue weighted by Crippen LogP contribution is -2.37. The fourth-order valence-corrected chi connectivity index (χ4v) is 3.16. The lowest BCUT2D eigenvalue weighted by molar-refractivity contribution is -0.129. The molecule has 144 valence electrons.